The van der Waals surface area contributed by atoms with Gasteiger partial charge in [-0.15, -0.1) is 0 Å². The highest BCUT2D eigenvalue weighted by atomic mass is 16.5. The average Bonchev–Trinajstić information content (AvgIpc) is 2.62. The third-order valence-electron chi connectivity index (χ3n) is 4.18. The molecule has 24 heavy (non-hydrogen) atoms. The van der Waals surface area contributed by atoms with Crippen molar-refractivity contribution in [3.63, 3.8) is 0 Å². The van der Waals surface area contributed by atoms with Crippen molar-refractivity contribution in [2.75, 3.05) is 40.0 Å². The lowest BCUT2D eigenvalue weighted by Crippen LogP contribution is -2.49. The zero-order chi connectivity index (χ0) is 16.9. The molecule has 1 atom stereocenters. The third kappa shape index (κ3) is 3.58. The minimum Gasteiger partial charge on any atom is -0.466 e. The molecule has 3 rings (SSSR count). The molecule has 2 amide bonds. The minimum atomic E-state index is -0.525. The fraction of sp³-hybridized carbons (Fsp3) is 0.412. The van der Waals surface area contributed by atoms with Crippen LogP contribution in [0.4, 0.5) is 4.79 Å². The van der Waals surface area contributed by atoms with E-state index in [1.807, 2.05) is 30.3 Å². The first-order valence-electron chi connectivity index (χ1n) is 7.93. The summed E-state index contributed by atoms with van der Waals surface area (Å²) in [7, 11) is 1.35. The summed E-state index contributed by atoms with van der Waals surface area (Å²) in [6, 6.07) is 8.56. The van der Waals surface area contributed by atoms with Crippen molar-refractivity contribution in [3.8, 4) is 0 Å². The molecule has 7 heteroatoms. The van der Waals surface area contributed by atoms with Crippen LogP contribution in [-0.4, -0.2) is 56.9 Å². The van der Waals surface area contributed by atoms with Crippen molar-refractivity contribution in [2.24, 2.45) is 0 Å². The highest BCUT2D eigenvalue weighted by Crippen LogP contribution is 2.27. The second kappa shape index (κ2) is 7.46. The van der Waals surface area contributed by atoms with Crippen molar-refractivity contribution in [1.82, 2.24) is 15.5 Å². The summed E-state index contributed by atoms with van der Waals surface area (Å²) in [5.74, 6) is -0.445. The van der Waals surface area contributed by atoms with E-state index >= 15 is 0 Å². The number of benzene rings is 1. The zero-order valence-electron chi connectivity index (χ0n) is 13.6. The van der Waals surface area contributed by atoms with Gasteiger partial charge in [-0.05, 0) is 5.56 Å². The maximum absolute atomic E-state index is 12.4. The van der Waals surface area contributed by atoms with E-state index < -0.39 is 12.0 Å². The molecule has 0 aromatic heterocycles. The van der Waals surface area contributed by atoms with E-state index in [0.717, 1.165) is 18.7 Å². The Hall–Kier alpha value is -2.38. The van der Waals surface area contributed by atoms with Crippen LogP contribution >= 0.6 is 0 Å². The lowest BCUT2D eigenvalue weighted by Gasteiger charge is -2.33. The molecular weight excluding hydrogens is 310 g/mol. The van der Waals surface area contributed by atoms with Crippen LogP contribution in [-0.2, 0) is 14.3 Å². The first-order valence-corrected chi connectivity index (χ1v) is 7.93. The maximum Gasteiger partial charge on any atom is 0.338 e. The first kappa shape index (κ1) is 16.5. The van der Waals surface area contributed by atoms with Crippen molar-refractivity contribution in [2.45, 2.75) is 6.04 Å². The Morgan fingerprint density at radius 3 is 2.67 bits per heavy atom. The molecular formula is C17H21N3O4. The number of morpholine rings is 1. The van der Waals surface area contributed by atoms with Crippen molar-refractivity contribution in [3.05, 3.63) is 47.2 Å². The molecule has 7 nitrogen and oxygen atoms in total. The lowest BCUT2D eigenvalue weighted by molar-refractivity contribution is -0.136. The van der Waals surface area contributed by atoms with Crippen LogP contribution in [0.5, 0.6) is 0 Å². The van der Waals surface area contributed by atoms with Crippen LogP contribution in [0.3, 0.4) is 0 Å². The van der Waals surface area contributed by atoms with Gasteiger partial charge in [-0.1, -0.05) is 30.3 Å². The minimum absolute atomic E-state index is 0.320. The van der Waals surface area contributed by atoms with Gasteiger partial charge in [0.25, 0.3) is 0 Å². The summed E-state index contributed by atoms with van der Waals surface area (Å²) in [4.78, 5) is 26.6. The number of nitrogens with zero attached hydrogens (tertiary/aromatic N) is 1. The predicted molar refractivity (Wildman–Crippen MR) is 87.2 cm³/mol. The van der Waals surface area contributed by atoms with Gasteiger partial charge in [0.15, 0.2) is 0 Å². The van der Waals surface area contributed by atoms with E-state index in [1.165, 1.54) is 7.11 Å². The Balaban J connectivity index is 1.96. The molecule has 1 saturated heterocycles. The molecule has 128 valence electrons. The molecule has 1 aromatic rings. The number of esters is 1. The topological polar surface area (TPSA) is 79.9 Å². The van der Waals surface area contributed by atoms with Gasteiger partial charge >= 0.3 is 12.0 Å². The van der Waals surface area contributed by atoms with E-state index in [1.54, 1.807) is 0 Å². The monoisotopic (exact) mass is 331 g/mol. The van der Waals surface area contributed by atoms with Gasteiger partial charge in [0.2, 0.25) is 0 Å². The Labute approximate surface area is 140 Å². The van der Waals surface area contributed by atoms with Gasteiger partial charge in [-0.25, -0.2) is 9.59 Å². The standard InChI is InChI=1S/C17H21N3O4/c1-23-16(21)14-13(11-20-7-9-24-10-8-20)18-17(22)19-15(14)12-5-3-2-4-6-12/h2-6,15H,7-11H2,1H3,(H2,18,19,22)/t15-/m0/s1. The van der Waals surface area contributed by atoms with Gasteiger partial charge in [-0.2, -0.15) is 0 Å². The molecule has 0 bridgehead atoms. The van der Waals surface area contributed by atoms with Crippen LogP contribution in [0.2, 0.25) is 0 Å². The number of nitrogens with one attached hydrogen (secondary N) is 2. The summed E-state index contributed by atoms with van der Waals surface area (Å²) in [5.41, 5.74) is 1.86. The molecule has 1 fully saturated rings. The lowest BCUT2D eigenvalue weighted by atomic mass is 9.95. The van der Waals surface area contributed by atoms with Crippen molar-refractivity contribution in [1.29, 1.82) is 0 Å². The van der Waals surface area contributed by atoms with Crippen LogP contribution in [0.25, 0.3) is 0 Å². The fourth-order valence-electron chi connectivity index (χ4n) is 2.97. The number of methoxy groups -OCH3 is 1. The third-order valence-corrected chi connectivity index (χ3v) is 4.18. The Bertz CT molecular complexity index is 638. The van der Waals surface area contributed by atoms with Crippen LogP contribution in [0.1, 0.15) is 11.6 Å². The zero-order valence-corrected chi connectivity index (χ0v) is 13.6. The second-order valence-corrected chi connectivity index (χ2v) is 5.71. The van der Waals surface area contributed by atoms with Gasteiger partial charge in [0.05, 0.1) is 31.9 Å². The van der Waals surface area contributed by atoms with E-state index in [-0.39, 0.29) is 6.03 Å². The summed E-state index contributed by atoms with van der Waals surface area (Å²) in [5, 5.41) is 5.59. The largest absolute Gasteiger partial charge is 0.466 e. The maximum atomic E-state index is 12.4. The van der Waals surface area contributed by atoms with E-state index in [4.69, 9.17) is 9.47 Å². The van der Waals surface area contributed by atoms with Gasteiger partial charge in [0, 0.05) is 25.3 Å². The number of carbonyl (C=O) groups is 2. The average molecular weight is 331 g/mol. The second-order valence-electron chi connectivity index (χ2n) is 5.71. The quantitative estimate of drug-likeness (QED) is 0.798. The highest BCUT2D eigenvalue weighted by Gasteiger charge is 2.34. The highest BCUT2D eigenvalue weighted by molar-refractivity contribution is 5.95. The molecule has 2 aliphatic rings. The van der Waals surface area contributed by atoms with Crippen LogP contribution in [0, 0.1) is 0 Å². The number of hydrogen-bond donors (Lipinski definition) is 2. The predicted octanol–water partition coefficient (Wildman–Crippen LogP) is 0.800. The number of urea groups is 1. The van der Waals surface area contributed by atoms with E-state index in [2.05, 4.69) is 15.5 Å². The molecule has 0 unspecified atom stereocenters. The summed E-state index contributed by atoms with van der Waals surface area (Å²) in [6.45, 7) is 3.29. The number of ether oxygens (including phenoxy) is 2. The van der Waals surface area contributed by atoms with E-state index in [9.17, 15) is 9.59 Å². The molecule has 2 aliphatic heterocycles. The summed E-state index contributed by atoms with van der Waals surface area (Å²) in [6.07, 6.45) is 0. The van der Waals surface area contributed by atoms with Gasteiger partial charge in [0.1, 0.15) is 0 Å². The van der Waals surface area contributed by atoms with Crippen LogP contribution in [0.15, 0.2) is 41.6 Å². The summed E-state index contributed by atoms with van der Waals surface area (Å²) >= 11 is 0. The molecule has 0 radical (unpaired) electrons. The Morgan fingerprint density at radius 2 is 2.00 bits per heavy atom. The van der Waals surface area contributed by atoms with E-state index in [0.29, 0.717) is 31.0 Å². The van der Waals surface area contributed by atoms with Crippen LogP contribution < -0.4 is 10.6 Å². The molecule has 2 heterocycles. The Kier molecular flexibility index (Phi) is 5.12. The smallest absolute Gasteiger partial charge is 0.338 e. The SMILES string of the molecule is COC(=O)C1=C(CN2CCOCC2)NC(=O)N[C@H]1c1ccccc1. The van der Waals surface area contributed by atoms with Gasteiger partial charge in [-0.3, -0.25) is 4.90 Å². The molecule has 2 N–H and O–H groups in total. The molecule has 0 saturated carbocycles. The fourth-order valence-corrected chi connectivity index (χ4v) is 2.97. The Morgan fingerprint density at radius 1 is 1.29 bits per heavy atom. The van der Waals surface area contributed by atoms with Gasteiger partial charge < -0.3 is 20.1 Å². The number of rotatable bonds is 4. The molecule has 1 aromatic carbocycles. The first-order chi connectivity index (χ1) is 11.7. The molecule has 0 spiro atoms. The van der Waals surface area contributed by atoms with Crippen molar-refractivity contribution < 1.29 is 19.1 Å². The normalized spacial score (nSPS) is 21.9. The molecule has 0 aliphatic carbocycles. The number of carbonyl (C=O) groups excluding carboxylic acids is 2. The summed E-state index contributed by atoms with van der Waals surface area (Å²) < 4.78 is 10.3. The number of hydrogen-bond acceptors (Lipinski definition) is 5. The van der Waals surface area contributed by atoms with Crippen molar-refractivity contribution >= 4 is 12.0 Å². The number of amides is 2.